The van der Waals surface area contributed by atoms with Crippen molar-refractivity contribution in [2.24, 2.45) is 41.4 Å². The molecular weight excluding hydrogens is 863 g/mol. The van der Waals surface area contributed by atoms with Gasteiger partial charge in [-0.3, -0.25) is 19.2 Å². The predicted octanol–water partition coefficient (Wildman–Crippen LogP) is 5.42. The molecule has 1 saturated carbocycles. The van der Waals surface area contributed by atoms with E-state index >= 15 is 0 Å². The van der Waals surface area contributed by atoms with Gasteiger partial charge in [0.15, 0.2) is 5.78 Å². The van der Waals surface area contributed by atoms with Crippen LogP contribution < -0.4 is 0 Å². The molecule has 16 atom stereocenters. The Kier molecular flexibility index (Phi) is 20.3. The number of methoxy groups -OCH3 is 3. The van der Waals surface area contributed by atoms with Crippen molar-refractivity contribution in [3.05, 3.63) is 47.6 Å². The van der Waals surface area contributed by atoms with Crippen molar-refractivity contribution in [1.29, 1.82) is 0 Å². The maximum absolute atomic E-state index is 14.4. The standard InChI is InChI=1S/C52H79NO14/c1-30-13-11-10-12-14-31(2)43(62-7)28-38-17-15-35(6)52(61,67-38)49(58)50(59)53-20-19-37-27-40(53)51(60)66-44(39(37)25-36-16-18-42(65-22-21-54)45(26-36)63-8)29-41(55)32(3)24-34(5)47(57)48(64-9)46(56)33(4)23-30/h10-14,24,30,32-33,35-40,42-45,47-48,54,57,61H,15-23,25-29H2,1-9H3/b12-10+,13-11+,31-14?,34-24+/t30-,32-,33-,35-,36+,37?,38+,39+,40+,42-,43+,44+,45-,47-,48+,52-/m1/s1. The zero-order valence-electron chi connectivity index (χ0n) is 41.3. The first-order valence-electron chi connectivity index (χ1n) is 24.6. The zero-order valence-corrected chi connectivity index (χ0v) is 41.3. The molecule has 0 spiro atoms. The second kappa shape index (κ2) is 24.9. The van der Waals surface area contributed by atoms with Crippen LogP contribution in [0, 0.1) is 41.4 Å². The summed E-state index contributed by atoms with van der Waals surface area (Å²) in [6, 6.07) is -1.13. The van der Waals surface area contributed by atoms with Gasteiger partial charge in [-0.25, -0.2) is 4.79 Å². The zero-order chi connectivity index (χ0) is 49.2. The van der Waals surface area contributed by atoms with Crippen LogP contribution in [0.1, 0.15) is 112 Å². The number of allylic oxidation sites excluding steroid dienone is 6. The molecule has 1 amide bonds. The summed E-state index contributed by atoms with van der Waals surface area (Å²) in [6.07, 6.45) is 11.5. The number of nitrogens with zero attached hydrogens (tertiary/aromatic N) is 1. The van der Waals surface area contributed by atoms with Crippen LogP contribution in [0.3, 0.4) is 0 Å². The normalized spacial score (nSPS) is 41.0. The first-order valence-corrected chi connectivity index (χ1v) is 24.6. The Bertz CT molecular complexity index is 1840. The van der Waals surface area contributed by atoms with E-state index < -0.39 is 77.8 Å². The minimum absolute atomic E-state index is 0.0195. The van der Waals surface area contributed by atoms with E-state index in [2.05, 4.69) is 0 Å². The summed E-state index contributed by atoms with van der Waals surface area (Å²) >= 11 is 0. The average molecular weight is 942 g/mol. The molecule has 4 fully saturated rings. The fourth-order valence-electron chi connectivity index (χ4n) is 11.2. The monoisotopic (exact) mass is 942 g/mol. The molecule has 0 aromatic carbocycles. The van der Waals surface area contributed by atoms with Crippen LogP contribution in [0.4, 0.5) is 0 Å². The molecule has 4 heterocycles. The predicted molar refractivity (Wildman–Crippen MR) is 249 cm³/mol. The second-order valence-electron chi connectivity index (χ2n) is 20.1. The molecule has 3 N–H and O–H groups in total. The van der Waals surface area contributed by atoms with Gasteiger partial charge >= 0.3 is 5.97 Å². The van der Waals surface area contributed by atoms with Crippen LogP contribution in [-0.4, -0.2) is 145 Å². The number of aliphatic hydroxyl groups is 3. The SMILES string of the molecule is CO[C@H]1C[C@@H]2CC[C@@H](C)[C@@](O)(O2)C(=O)C(=O)N2CCC3C[C@H]2C(=O)O[C@@H](CC(=O)[C@H](C)/C=C(\C)[C@@H](O)[C@@H](OC)C(=O)[C@H](C)C[C@H](C)/C=C/C=C/C=C1C)[C@H]3C[C@@H]1CC[C@@H](OCCO)[C@H](OC)C1. The molecule has 67 heavy (non-hydrogen) atoms. The van der Waals surface area contributed by atoms with E-state index in [9.17, 15) is 39.3 Å². The fourth-order valence-corrected chi connectivity index (χ4v) is 11.2. The molecule has 3 saturated heterocycles. The van der Waals surface area contributed by atoms with Gasteiger partial charge in [-0.1, -0.05) is 64.2 Å². The lowest BCUT2D eigenvalue weighted by atomic mass is 9.71. The van der Waals surface area contributed by atoms with Gasteiger partial charge in [0.25, 0.3) is 11.7 Å². The molecule has 0 radical (unpaired) electrons. The largest absolute Gasteiger partial charge is 0.460 e. The highest BCUT2D eigenvalue weighted by atomic mass is 16.6. The van der Waals surface area contributed by atoms with Crippen molar-refractivity contribution in [3.8, 4) is 0 Å². The van der Waals surface area contributed by atoms with Crippen LogP contribution in [0.15, 0.2) is 47.6 Å². The van der Waals surface area contributed by atoms with Crippen LogP contribution in [0.2, 0.25) is 0 Å². The lowest BCUT2D eigenvalue weighted by Crippen LogP contribution is -2.61. The highest BCUT2D eigenvalue weighted by Gasteiger charge is 2.55. The van der Waals surface area contributed by atoms with Gasteiger partial charge < -0.3 is 48.6 Å². The third-order valence-electron chi connectivity index (χ3n) is 15.4. The molecule has 5 aliphatic rings. The Morgan fingerprint density at radius 1 is 0.836 bits per heavy atom. The van der Waals surface area contributed by atoms with E-state index in [-0.39, 0.29) is 80.0 Å². The third-order valence-corrected chi connectivity index (χ3v) is 15.4. The molecule has 0 aromatic rings. The number of piperidine rings is 1. The summed E-state index contributed by atoms with van der Waals surface area (Å²) in [5.74, 6) is -7.96. The van der Waals surface area contributed by atoms with Gasteiger partial charge in [-0.05, 0) is 106 Å². The number of ether oxygens (including phenoxy) is 6. The number of Topliss-reactive ketones (excluding diaryl/α,β-unsaturated/α-hetero) is 3. The van der Waals surface area contributed by atoms with Crippen molar-refractivity contribution in [2.75, 3.05) is 41.1 Å². The van der Waals surface area contributed by atoms with E-state index in [1.54, 1.807) is 41.1 Å². The molecular formula is C52H79NO14. The molecule has 1 unspecified atom stereocenters. The fraction of sp³-hybridized carbons (Fsp3) is 0.750. The number of amides is 1. The van der Waals surface area contributed by atoms with Crippen LogP contribution >= 0.6 is 0 Å². The van der Waals surface area contributed by atoms with Crippen molar-refractivity contribution in [2.45, 2.75) is 167 Å². The highest BCUT2D eigenvalue weighted by molar-refractivity contribution is 6.39. The number of ketones is 3. The van der Waals surface area contributed by atoms with Crippen molar-refractivity contribution < 1.29 is 67.7 Å². The molecule has 4 aliphatic heterocycles. The van der Waals surface area contributed by atoms with E-state index in [0.29, 0.717) is 56.9 Å². The van der Waals surface area contributed by atoms with Crippen molar-refractivity contribution in [1.82, 2.24) is 4.90 Å². The quantitative estimate of drug-likeness (QED) is 0.158. The van der Waals surface area contributed by atoms with Crippen LogP contribution in [0.5, 0.6) is 0 Å². The van der Waals surface area contributed by atoms with Crippen LogP contribution in [0.25, 0.3) is 0 Å². The van der Waals surface area contributed by atoms with Crippen molar-refractivity contribution in [3.63, 3.8) is 0 Å². The van der Waals surface area contributed by atoms with Gasteiger partial charge in [0, 0.05) is 58.5 Å². The van der Waals surface area contributed by atoms with Gasteiger partial charge in [0.2, 0.25) is 5.79 Å². The summed E-state index contributed by atoms with van der Waals surface area (Å²) in [4.78, 5) is 72.2. The second-order valence-corrected chi connectivity index (χ2v) is 20.1. The number of aliphatic hydroxyl groups excluding tert-OH is 2. The Balaban J connectivity index is 1.49. The van der Waals surface area contributed by atoms with Gasteiger partial charge in [0.05, 0.1) is 37.6 Å². The number of hydrogen-bond donors (Lipinski definition) is 3. The minimum atomic E-state index is -2.43. The van der Waals surface area contributed by atoms with Gasteiger partial charge in [0.1, 0.15) is 30.1 Å². The topological polar surface area (TPSA) is 205 Å². The summed E-state index contributed by atoms with van der Waals surface area (Å²) in [5.41, 5.74) is 1.28. The van der Waals surface area contributed by atoms with E-state index in [4.69, 9.17) is 28.4 Å². The number of carbonyl (C=O) groups is 5. The average Bonchev–Trinajstić information content (AvgIpc) is 3.40. The molecule has 0 aromatic heterocycles. The maximum Gasteiger partial charge on any atom is 0.329 e. The Labute approximate surface area is 397 Å². The Hall–Kier alpha value is -3.41. The lowest BCUT2D eigenvalue weighted by molar-refractivity contribution is -0.265. The smallest absolute Gasteiger partial charge is 0.329 e. The number of hydrogen-bond acceptors (Lipinski definition) is 14. The molecule has 5 bridgehead atoms. The number of carbonyl (C=O) groups excluding carboxylic acids is 5. The van der Waals surface area contributed by atoms with Gasteiger partial charge in [-0.15, -0.1) is 0 Å². The maximum atomic E-state index is 14.4. The summed E-state index contributed by atoms with van der Waals surface area (Å²) in [7, 11) is 4.60. The Morgan fingerprint density at radius 2 is 1.58 bits per heavy atom. The van der Waals surface area contributed by atoms with E-state index in [1.807, 2.05) is 51.2 Å². The molecule has 376 valence electrons. The summed E-state index contributed by atoms with van der Waals surface area (Å²) in [5, 5.41) is 32.9. The minimum Gasteiger partial charge on any atom is -0.460 e. The number of esters is 1. The van der Waals surface area contributed by atoms with E-state index in [1.165, 1.54) is 12.0 Å². The van der Waals surface area contributed by atoms with E-state index in [0.717, 1.165) is 12.0 Å². The van der Waals surface area contributed by atoms with Crippen molar-refractivity contribution >= 4 is 29.2 Å². The van der Waals surface area contributed by atoms with Gasteiger partial charge in [-0.2, -0.15) is 0 Å². The lowest BCUT2D eigenvalue weighted by Gasteiger charge is -2.43. The first-order chi connectivity index (χ1) is 31.9. The highest BCUT2D eigenvalue weighted by Crippen LogP contribution is 2.44. The molecule has 5 rings (SSSR count). The number of rotatable bonds is 8. The molecule has 15 nitrogen and oxygen atoms in total. The summed E-state index contributed by atoms with van der Waals surface area (Å²) < 4.78 is 35.7. The molecule has 1 aliphatic carbocycles. The Morgan fingerprint density at radius 3 is 2.27 bits per heavy atom. The molecule has 15 heteroatoms. The van der Waals surface area contributed by atoms with Crippen LogP contribution in [-0.2, 0) is 52.4 Å². The summed E-state index contributed by atoms with van der Waals surface area (Å²) in [6.45, 7) is 11.0. The number of fused-ring (bicyclic) bond motifs is 5. The first kappa shape index (κ1) is 54.5. The third kappa shape index (κ3) is 13.5.